The normalized spacial score (nSPS) is 22.8. The van der Waals surface area contributed by atoms with E-state index in [0.717, 1.165) is 32.2 Å². The maximum absolute atomic E-state index is 11.3. The Morgan fingerprint density at radius 1 is 1.22 bits per heavy atom. The number of ether oxygens (including phenoxy) is 1. The number of hydrogen-bond acceptors (Lipinski definition) is 7. The monoisotopic (exact) mass is 397 g/mol. The van der Waals surface area contributed by atoms with Crippen molar-refractivity contribution in [2.24, 2.45) is 11.3 Å². The van der Waals surface area contributed by atoms with Crippen molar-refractivity contribution in [3.8, 4) is 0 Å². The number of hydroxylamine groups is 1. The second-order valence-electron chi connectivity index (χ2n) is 7.93. The first kappa shape index (κ1) is 20.3. The topological polar surface area (TPSA) is 90.8 Å². The lowest BCUT2D eigenvalue weighted by atomic mass is 9.71. The van der Waals surface area contributed by atoms with Crippen molar-refractivity contribution in [3.63, 3.8) is 0 Å². The molecule has 3 fully saturated rings. The van der Waals surface area contributed by atoms with Gasteiger partial charge in [-0.1, -0.05) is 0 Å². The molecule has 1 amide bonds. The van der Waals surface area contributed by atoms with Gasteiger partial charge in [0.25, 0.3) is 5.91 Å². The average molecular weight is 398 g/mol. The summed E-state index contributed by atoms with van der Waals surface area (Å²) in [5, 5.41) is 8.65. The molecule has 0 atom stereocenters. The van der Waals surface area contributed by atoms with Crippen LogP contribution >= 0.6 is 12.4 Å². The predicted molar refractivity (Wildman–Crippen MR) is 102 cm³/mol. The molecule has 27 heavy (non-hydrogen) atoms. The van der Waals surface area contributed by atoms with Crippen LogP contribution in [0.3, 0.4) is 0 Å². The highest BCUT2D eigenvalue weighted by Gasteiger charge is 2.45. The Bertz CT molecular complexity index is 622. The Morgan fingerprint density at radius 2 is 1.85 bits per heavy atom. The lowest BCUT2D eigenvalue weighted by Crippen LogP contribution is -2.61. The van der Waals surface area contributed by atoms with Gasteiger partial charge >= 0.3 is 0 Å². The molecule has 0 aliphatic carbocycles. The van der Waals surface area contributed by atoms with E-state index in [1.807, 2.05) is 0 Å². The number of halogens is 1. The molecule has 3 aliphatic heterocycles. The molecule has 3 aliphatic rings. The minimum Gasteiger partial charge on any atom is -0.381 e. The first-order chi connectivity index (χ1) is 12.7. The highest BCUT2D eigenvalue weighted by atomic mass is 35.5. The molecule has 9 heteroatoms. The van der Waals surface area contributed by atoms with Crippen molar-refractivity contribution in [3.05, 3.63) is 18.0 Å². The van der Waals surface area contributed by atoms with Crippen LogP contribution in [-0.2, 0) is 4.74 Å². The fraction of sp³-hybridized carbons (Fsp3) is 0.722. The van der Waals surface area contributed by atoms with E-state index < -0.39 is 5.91 Å². The number of amides is 1. The van der Waals surface area contributed by atoms with Crippen LogP contribution in [0.5, 0.6) is 0 Å². The molecule has 1 spiro atoms. The average Bonchev–Trinajstić information content (AvgIpc) is 2.68. The lowest BCUT2D eigenvalue weighted by Gasteiger charge is -2.55. The number of anilines is 1. The van der Waals surface area contributed by atoms with Gasteiger partial charge in [0, 0.05) is 58.3 Å². The molecule has 2 N–H and O–H groups in total. The van der Waals surface area contributed by atoms with E-state index in [0.29, 0.717) is 11.4 Å². The first-order valence-electron chi connectivity index (χ1n) is 9.49. The zero-order valence-electron chi connectivity index (χ0n) is 15.5. The molecule has 1 aromatic rings. The van der Waals surface area contributed by atoms with Crippen LogP contribution in [0.1, 0.15) is 36.0 Å². The van der Waals surface area contributed by atoms with Gasteiger partial charge in [0.15, 0.2) is 0 Å². The summed E-state index contributed by atoms with van der Waals surface area (Å²) in [6.07, 6.45) is 7.66. The third-order valence-electron chi connectivity index (χ3n) is 6.08. The summed E-state index contributed by atoms with van der Waals surface area (Å²) >= 11 is 0. The fourth-order valence-electron chi connectivity index (χ4n) is 4.49. The number of piperidine rings is 1. The summed E-state index contributed by atoms with van der Waals surface area (Å²) in [5.74, 6) is 0.880. The van der Waals surface area contributed by atoms with E-state index in [2.05, 4.69) is 19.8 Å². The molecule has 0 saturated carbocycles. The number of carbonyl (C=O) groups excluding carboxylic acids is 1. The number of hydrogen-bond donors (Lipinski definition) is 2. The Labute approximate surface area is 165 Å². The Hall–Kier alpha value is -1.48. The van der Waals surface area contributed by atoms with Gasteiger partial charge in [-0.05, 0) is 37.0 Å². The van der Waals surface area contributed by atoms with Gasteiger partial charge in [0.1, 0.15) is 0 Å². The zero-order valence-corrected chi connectivity index (χ0v) is 16.3. The molecular weight excluding hydrogens is 370 g/mol. The van der Waals surface area contributed by atoms with Crippen LogP contribution in [0.2, 0.25) is 0 Å². The number of nitrogens with zero attached hydrogens (tertiary/aromatic N) is 4. The molecule has 1 aromatic heterocycles. The molecular formula is C18H28ClN5O3. The molecule has 0 unspecified atom stereocenters. The van der Waals surface area contributed by atoms with Crippen LogP contribution in [0.25, 0.3) is 0 Å². The van der Waals surface area contributed by atoms with E-state index in [1.54, 1.807) is 5.48 Å². The quantitative estimate of drug-likeness (QED) is 0.585. The highest BCUT2D eigenvalue weighted by molar-refractivity contribution is 5.92. The van der Waals surface area contributed by atoms with Gasteiger partial charge in [-0.15, -0.1) is 12.4 Å². The number of rotatable bonds is 4. The molecule has 0 radical (unpaired) electrons. The minimum absolute atomic E-state index is 0. The summed E-state index contributed by atoms with van der Waals surface area (Å²) in [4.78, 5) is 24.7. The van der Waals surface area contributed by atoms with Crippen molar-refractivity contribution >= 4 is 24.3 Å². The summed E-state index contributed by atoms with van der Waals surface area (Å²) in [6.45, 7) is 7.43. The van der Waals surface area contributed by atoms with Crippen LogP contribution in [0.4, 0.5) is 5.95 Å². The third-order valence-corrected chi connectivity index (χ3v) is 6.08. The highest BCUT2D eigenvalue weighted by Crippen LogP contribution is 2.41. The van der Waals surface area contributed by atoms with Gasteiger partial charge in [-0.2, -0.15) is 0 Å². The van der Waals surface area contributed by atoms with Crippen LogP contribution < -0.4 is 10.4 Å². The van der Waals surface area contributed by atoms with Crippen molar-refractivity contribution in [1.82, 2.24) is 20.3 Å². The number of likely N-dealkylation sites (tertiary alicyclic amines) is 1. The van der Waals surface area contributed by atoms with Crippen LogP contribution in [0, 0.1) is 11.3 Å². The van der Waals surface area contributed by atoms with Gasteiger partial charge in [0.2, 0.25) is 5.95 Å². The van der Waals surface area contributed by atoms with Gasteiger partial charge in [-0.25, -0.2) is 15.4 Å². The summed E-state index contributed by atoms with van der Waals surface area (Å²) < 4.78 is 5.45. The molecule has 150 valence electrons. The second kappa shape index (κ2) is 8.68. The summed E-state index contributed by atoms with van der Waals surface area (Å²) in [6, 6.07) is 0. The number of nitrogens with one attached hydrogen (secondary N) is 1. The van der Waals surface area contributed by atoms with Crippen molar-refractivity contribution in [2.75, 3.05) is 50.8 Å². The largest absolute Gasteiger partial charge is 0.381 e. The maximum atomic E-state index is 11.3. The van der Waals surface area contributed by atoms with Crippen LogP contribution in [0.15, 0.2) is 12.4 Å². The van der Waals surface area contributed by atoms with Gasteiger partial charge in [0.05, 0.1) is 5.56 Å². The molecule has 4 rings (SSSR count). The molecule has 0 bridgehead atoms. The van der Waals surface area contributed by atoms with E-state index in [-0.39, 0.29) is 18.0 Å². The summed E-state index contributed by atoms with van der Waals surface area (Å²) in [5.41, 5.74) is 2.32. The zero-order chi connectivity index (χ0) is 18.0. The van der Waals surface area contributed by atoms with Crippen molar-refractivity contribution in [1.29, 1.82) is 0 Å². The van der Waals surface area contributed by atoms with E-state index in [1.165, 1.54) is 57.7 Å². The fourth-order valence-corrected chi connectivity index (χ4v) is 4.49. The van der Waals surface area contributed by atoms with Gasteiger partial charge < -0.3 is 14.5 Å². The van der Waals surface area contributed by atoms with E-state index in [4.69, 9.17) is 9.94 Å². The smallest absolute Gasteiger partial charge is 0.277 e. The first-order valence-corrected chi connectivity index (χ1v) is 9.49. The lowest BCUT2D eigenvalue weighted by molar-refractivity contribution is -0.0402. The summed E-state index contributed by atoms with van der Waals surface area (Å²) in [7, 11) is 0. The SMILES string of the molecule is Cl.O=C(NO)c1cnc(N2CCC3(CC2)CN(CC2CCOCC2)C3)nc1. The van der Waals surface area contributed by atoms with Crippen molar-refractivity contribution in [2.45, 2.75) is 25.7 Å². The van der Waals surface area contributed by atoms with Crippen molar-refractivity contribution < 1.29 is 14.7 Å². The number of carbonyl (C=O) groups is 1. The van der Waals surface area contributed by atoms with E-state index in [9.17, 15) is 4.79 Å². The molecule has 4 heterocycles. The standard InChI is InChI=1S/C18H27N5O3.ClH/c24-16(21-25)15-9-19-17(20-10-15)23-5-3-18(4-6-23)12-22(13-18)11-14-1-7-26-8-2-14;/h9-10,14,25H,1-8,11-13H2,(H,21,24);1H. The number of aromatic nitrogens is 2. The Balaban J connectivity index is 0.00000210. The van der Waals surface area contributed by atoms with E-state index >= 15 is 0 Å². The predicted octanol–water partition coefficient (Wildman–Crippen LogP) is 1.35. The second-order valence-corrected chi connectivity index (χ2v) is 7.93. The minimum atomic E-state index is -0.590. The molecule has 0 aromatic carbocycles. The molecule has 8 nitrogen and oxygen atoms in total. The molecule has 3 saturated heterocycles. The van der Waals surface area contributed by atoms with Gasteiger partial charge in [-0.3, -0.25) is 10.0 Å². The maximum Gasteiger partial charge on any atom is 0.277 e. The third kappa shape index (κ3) is 4.51. The van der Waals surface area contributed by atoms with Crippen LogP contribution in [-0.4, -0.2) is 71.9 Å². The Kier molecular flexibility index (Phi) is 6.52. The Morgan fingerprint density at radius 3 is 2.44 bits per heavy atom.